The summed E-state index contributed by atoms with van der Waals surface area (Å²) in [4.78, 5) is 30.7. The Balaban J connectivity index is 1.38. The summed E-state index contributed by atoms with van der Waals surface area (Å²) in [5.74, 6) is 0.0385. The Morgan fingerprint density at radius 2 is 1.94 bits per heavy atom. The largest absolute Gasteiger partial charge is 0.391 e. The summed E-state index contributed by atoms with van der Waals surface area (Å²) in [7, 11) is 1.75. The number of carbonyl (C=O) groups is 2. The summed E-state index contributed by atoms with van der Waals surface area (Å²) in [5.41, 5.74) is 0.487. The highest BCUT2D eigenvalue weighted by atomic mass is 16.5. The third-order valence-electron chi connectivity index (χ3n) is 7.30. The Morgan fingerprint density at radius 1 is 1.24 bits per heavy atom. The molecule has 10 heteroatoms. The number of piperidine rings is 1. The number of hydrogen-bond donors (Lipinski definition) is 2. The van der Waals surface area contributed by atoms with Crippen LogP contribution in [0.3, 0.4) is 0 Å². The van der Waals surface area contributed by atoms with Crippen molar-refractivity contribution in [2.24, 2.45) is 5.41 Å². The van der Waals surface area contributed by atoms with E-state index in [0.29, 0.717) is 18.6 Å². The van der Waals surface area contributed by atoms with Gasteiger partial charge in [0.25, 0.3) is 0 Å². The van der Waals surface area contributed by atoms with Gasteiger partial charge in [0.15, 0.2) is 0 Å². The molecule has 1 aromatic rings. The Bertz CT molecular complexity index is 856. The molecule has 1 saturated carbocycles. The second kappa shape index (κ2) is 10.3. The molecule has 190 valence electrons. The lowest BCUT2D eigenvalue weighted by atomic mass is 9.85. The highest BCUT2D eigenvalue weighted by Gasteiger charge is 2.45. The van der Waals surface area contributed by atoms with Crippen LogP contribution in [0.25, 0.3) is 0 Å². The number of nitrogens with zero attached hydrogens (tertiary/aromatic N) is 5. The first-order valence-corrected chi connectivity index (χ1v) is 12.6. The third-order valence-corrected chi connectivity index (χ3v) is 7.30. The van der Waals surface area contributed by atoms with Gasteiger partial charge in [-0.1, -0.05) is 26.0 Å². The van der Waals surface area contributed by atoms with Gasteiger partial charge in [-0.15, -0.1) is 5.10 Å². The average Bonchev–Trinajstić information content (AvgIpc) is 3.40. The lowest BCUT2D eigenvalue weighted by Gasteiger charge is -2.34. The van der Waals surface area contributed by atoms with Gasteiger partial charge in [-0.3, -0.25) is 9.59 Å². The number of carbonyl (C=O) groups excluding carboxylic acids is 2. The van der Waals surface area contributed by atoms with Crippen molar-refractivity contribution in [3.8, 4) is 0 Å². The molecule has 2 saturated heterocycles. The normalized spacial score (nSPS) is 25.5. The standard InChI is InChI=1S/C24H40N6O4/c1-24(2,3)21(30-15-19(26-27-30)16-5-6-16)23(33)29-14-17(31)13-20(29)22(32)25-9-12-28-10-7-18(34-4)8-11-28/h15-18,20-21,31H,5-14H2,1-4H3,(H,25,32)/t17?,20?,21-/m1/s1. The number of nitrogens with one attached hydrogen (secondary N) is 1. The molecule has 2 N–H and O–H groups in total. The van der Waals surface area contributed by atoms with E-state index in [-0.39, 0.29) is 24.8 Å². The van der Waals surface area contributed by atoms with E-state index in [1.807, 2.05) is 27.0 Å². The molecule has 3 heterocycles. The van der Waals surface area contributed by atoms with Crippen LogP contribution in [0.15, 0.2) is 6.20 Å². The van der Waals surface area contributed by atoms with E-state index in [1.165, 1.54) is 0 Å². The number of ether oxygens (including phenoxy) is 1. The van der Waals surface area contributed by atoms with Gasteiger partial charge in [-0.2, -0.15) is 0 Å². The van der Waals surface area contributed by atoms with Crippen LogP contribution < -0.4 is 5.32 Å². The van der Waals surface area contributed by atoms with Crippen molar-refractivity contribution in [2.75, 3.05) is 39.8 Å². The first-order valence-electron chi connectivity index (χ1n) is 12.6. The van der Waals surface area contributed by atoms with Gasteiger partial charge in [0, 0.05) is 58.4 Å². The van der Waals surface area contributed by atoms with E-state index in [4.69, 9.17) is 4.74 Å². The van der Waals surface area contributed by atoms with Crippen LogP contribution in [0, 0.1) is 5.41 Å². The molecular weight excluding hydrogens is 436 g/mol. The molecule has 3 fully saturated rings. The molecule has 2 aliphatic heterocycles. The van der Waals surface area contributed by atoms with Crippen LogP contribution in [0.1, 0.15) is 70.5 Å². The number of methoxy groups -OCH3 is 1. The molecule has 4 rings (SSSR count). The molecule has 0 bridgehead atoms. The maximum atomic E-state index is 13.8. The monoisotopic (exact) mass is 476 g/mol. The first kappa shape index (κ1) is 25.1. The molecule has 3 aliphatic rings. The minimum absolute atomic E-state index is 0.151. The molecule has 10 nitrogen and oxygen atoms in total. The van der Waals surface area contributed by atoms with Crippen LogP contribution in [-0.4, -0.2) is 99.8 Å². The Morgan fingerprint density at radius 3 is 2.56 bits per heavy atom. The highest BCUT2D eigenvalue weighted by Crippen LogP contribution is 2.40. The fourth-order valence-electron chi connectivity index (χ4n) is 5.15. The van der Waals surface area contributed by atoms with Crippen LogP contribution in [0.5, 0.6) is 0 Å². The predicted molar refractivity (Wildman–Crippen MR) is 126 cm³/mol. The quantitative estimate of drug-likeness (QED) is 0.574. The number of hydrogen-bond acceptors (Lipinski definition) is 7. The van der Waals surface area contributed by atoms with Gasteiger partial charge in [0.2, 0.25) is 11.8 Å². The molecular formula is C24H40N6O4. The number of likely N-dealkylation sites (tertiary alicyclic amines) is 2. The van der Waals surface area contributed by atoms with Crippen LogP contribution >= 0.6 is 0 Å². The number of aromatic nitrogens is 3. The van der Waals surface area contributed by atoms with Crippen molar-refractivity contribution >= 4 is 11.8 Å². The first-order chi connectivity index (χ1) is 16.2. The fraction of sp³-hybridized carbons (Fsp3) is 0.833. The number of aliphatic hydroxyl groups is 1. The van der Waals surface area contributed by atoms with E-state index in [0.717, 1.165) is 51.0 Å². The van der Waals surface area contributed by atoms with E-state index in [1.54, 1.807) is 16.7 Å². The molecule has 1 aromatic heterocycles. The molecule has 0 radical (unpaired) electrons. The van der Waals surface area contributed by atoms with Gasteiger partial charge < -0.3 is 25.0 Å². The van der Waals surface area contributed by atoms with Gasteiger partial charge in [0.05, 0.1) is 17.9 Å². The van der Waals surface area contributed by atoms with E-state index in [2.05, 4.69) is 20.5 Å². The Labute approximate surface area is 202 Å². The zero-order valence-electron chi connectivity index (χ0n) is 20.9. The van der Waals surface area contributed by atoms with E-state index in [9.17, 15) is 14.7 Å². The van der Waals surface area contributed by atoms with Gasteiger partial charge in [-0.25, -0.2) is 4.68 Å². The topological polar surface area (TPSA) is 113 Å². The molecule has 2 amide bonds. The number of β-amino-alcohol motifs (C(OH)–C–C–N with tert-alkyl or cyclic N) is 1. The maximum Gasteiger partial charge on any atom is 0.248 e. The summed E-state index contributed by atoms with van der Waals surface area (Å²) in [5, 5.41) is 21.9. The molecule has 3 atom stereocenters. The highest BCUT2D eigenvalue weighted by molar-refractivity contribution is 5.90. The summed E-state index contributed by atoms with van der Waals surface area (Å²) in [6.45, 7) is 9.30. The van der Waals surface area contributed by atoms with E-state index >= 15 is 0 Å². The van der Waals surface area contributed by atoms with E-state index < -0.39 is 23.6 Å². The third kappa shape index (κ3) is 5.78. The molecule has 0 spiro atoms. The van der Waals surface area contributed by atoms with Crippen molar-refractivity contribution in [3.05, 3.63) is 11.9 Å². The van der Waals surface area contributed by atoms with Crippen molar-refractivity contribution < 1.29 is 19.4 Å². The number of aliphatic hydroxyl groups excluding tert-OH is 1. The van der Waals surface area contributed by atoms with Crippen LogP contribution in [-0.2, 0) is 14.3 Å². The van der Waals surface area contributed by atoms with Crippen LogP contribution in [0.2, 0.25) is 0 Å². The Hall–Kier alpha value is -2.04. The summed E-state index contributed by atoms with van der Waals surface area (Å²) >= 11 is 0. The molecule has 1 aliphatic carbocycles. The number of amides is 2. The average molecular weight is 477 g/mol. The Kier molecular flexibility index (Phi) is 7.59. The van der Waals surface area contributed by atoms with Crippen LogP contribution in [0.4, 0.5) is 0 Å². The fourth-order valence-corrected chi connectivity index (χ4v) is 5.15. The second-order valence-electron chi connectivity index (χ2n) is 11.1. The van der Waals surface area contributed by atoms with Gasteiger partial charge in [0.1, 0.15) is 12.1 Å². The summed E-state index contributed by atoms with van der Waals surface area (Å²) in [6.07, 6.45) is 5.95. The zero-order chi connectivity index (χ0) is 24.5. The SMILES string of the molecule is COC1CCN(CCNC(=O)C2CC(O)CN2C(=O)[C@@H](n2cc(C3CC3)nn2)C(C)(C)C)CC1. The second-order valence-corrected chi connectivity index (χ2v) is 11.1. The van der Waals surface area contributed by atoms with Crippen molar-refractivity contribution in [2.45, 2.75) is 83.1 Å². The zero-order valence-corrected chi connectivity index (χ0v) is 20.9. The molecule has 0 aromatic carbocycles. The van der Waals surface area contributed by atoms with Crippen molar-refractivity contribution in [1.82, 2.24) is 30.1 Å². The summed E-state index contributed by atoms with van der Waals surface area (Å²) in [6, 6.07) is -1.28. The number of rotatable bonds is 8. The minimum atomic E-state index is -0.717. The predicted octanol–water partition coefficient (Wildman–Crippen LogP) is 0.932. The molecule has 34 heavy (non-hydrogen) atoms. The van der Waals surface area contributed by atoms with Gasteiger partial charge >= 0.3 is 0 Å². The lowest BCUT2D eigenvalue weighted by molar-refractivity contribution is -0.144. The summed E-state index contributed by atoms with van der Waals surface area (Å²) < 4.78 is 7.07. The molecule has 2 unspecified atom stereocenters. The minimum Gasteiger partial charge on any atom is -0.391 e. The lowest BCUT2D eigenvalue weighted by Crippen LogP contribution is -2.51. The van der Waals surface area contributed by atoms with Crippen molar-refractivity contribution in [1.29, 1.82) is 0 Å². The van der Waals surface area contributed by atoms with Gasteiger partial charge in [-0.05, 0) is 31.1 Å². The van der Waals surface area contributed by atoms with Crippen molar-refractivity contribution in [3.63, 3.8) is 0 Å². The maximum absolute atomic E-state index is 13.8. The smallest absolute Gasteiger partial charge is 0.248 e.